The number of ether oxygens (including phenoxy) is 4. The molecule has 32 heavy (non-hydrogen) atoms. The highest BCUT2D eigenvalue weighted by Gasteiger charge is 2.26. The van der Waals surface area contributed by atoms with Gasteiger partial charge in [0.05, 0.1) is 39.2 Å². The average Bonchev–Trinajstić information content (AvgIpc) is 3.34. The van der Waals surface area contributed by atoms with Gasteiger partial charge >= 0.3 is 0 Å². The first-order valence-corrected chi connectivity index (χ1v) is 11.6. The van der Waals surface area contributed by atoms with Gasteiger partial charge in [-0.15, -0.1) is 0 Å². The van der Waals surface area contributed by atoms with Gasteiger partial charge in [0.15, 0.2) is 0 Å². The number of anilines is 1. The third-order valence-corrected chi connectivity index (χ3v) is 6.64. The maximum atomic E-state index is 13.2. The molecule has 9 nitrogen and oxygen atoms in total. The smallest absolute Gasteiger partial charge is 0.265 e. The molecule has 3 rings (SSSR count). The Labute approximate surface area is 188 Å². The Kier molecular flexibility index (Phi) is 7.47. The van der Waals surface area contributed by atoms with Crippen LogP contribution in [0.5, 0.6) is 17.2 Å². The number of amides is 1. The minimum absolute atomic E-state index is 0.0513. The molecule has 2 unspecified atom stereocenters. The standard InChI is InChI=1S/C22H28N2O7S/c1-14(18-6-5-11-31-18)23-22(25)15-7-10-19(29-3)21(12-15)32(26,27)24-17-9-8-16(28-2)13-20(17)30-4/h7-10,12-14,18,24H,5-6,11H2,1-4H3,(H,23,25). The van der Waals surface area contributed by atoms with E-state index in [0.717, 1.165) is 12.8 Å². The second kappa shape index (κ2) is 10.1. The number of sulfonamides is 1. The Morgan fingerprint density at radius 2 is 1.81 bits per heavy atom. The fraction of sp³-hybridized carbons (Fsp3) is 0.409. The van der Waals surface area contributed by atoms with E-state index in [4.69, 9.17) is 18.9 Å². The minimum Gasteiger partial charge on any atom is -0.497 e. The number of carbonyl (C=O) groups excluding carboxylic acids is 1. The van der Waals surface area contributed by atoms with Crippen molar-refractivity contribution in [3.63, 3.8) is 0 Å². The van der Waals surface area contributed by atoms with Crippen molar-refractivity contribution < 1.29 is 32.2 Å². The van der Waals surface area contributed by atoms with Crippen LogP contribution in [0, 0.1) is 0 Å². The molecule has 0 spiro atoms. The average molecular weight is 465 g/mol. The molecule has 2 aromatic rings. The first-order valence-electron chi connectivity index (χ1n) is 10.1. The van der Waals surface area contributed by atoms with Gasteiger partial charge in [0.2, 0.25) is 0 Å². The monoisotopic (exact) mass is 464 g/mol. The number of nitrogens with one attached hydrogen (secondary N) is 2. The maximum Gasteiger partial charge on any atom is 0.265 e. The van der Waals surface area contributed by atoms with Crippen molar-refractivity contribution in [1.29, 1.82) is 0 Å². The molecule has 1 saturated heterocycles. The second-order valence-electron chi connectivity index (χ2n) is 7.35. The van der Waals surface area contributed by atoms with Crippen LogP contribution in [0.25, 0.3) is 0 Å². The number of rotatable bonds is 9. The molecule has 0 radical (unpaired) electrons. The van der Waals surface area contributed by atoms with E-state index in [1.54, 1.807) is 12.1 Å². The number of benzene rings is 2. The van der Waals surface area contributed by atoms with Crippen LogP contribution >= 0.6 is 0 Å². The van der Waals surface area contributed by atoms with Gasteiger partial charge < -0.3 is 24.3 Å². The molecule has 0 saturated carbocycles. The van der Waals surface area contributed by atoms with Crippen LogP contribution in [0.3, 0.4) is 0 Å². The predicted octanol–water partition coefficient (Wildman–Crippen LogP) is 2.81. The van der Waals surface area contributed by atoms with E-state index in [9.17, 15) is 13.2 Å². The number of hydrogen-bond donors (Lipinski definition) is 2. The van der Waals surface area contributed by atoms with Gasteiger partial charge in [0, 0.05) is 18.2 Å². The van der Waals surface area contributed by atoms with Crippen molar-refractivity contribution in [1.82, 2.24) is 5.32 Å². The molecule has 1 fully saturated rings. The lowest BCUT2D eigenvalue weighted by Crippen LogP contribution is -2.40. The zero-order valence-corrected chi connectivity index (χ0v) is 19.3. The van der Waals surface area contributed by atoms with Crippen LogP contribution in [0.4, 0.5) is 5.69 Å². The Balaban J connectivity index is 1.88. The molecule has 0 bridgehead atoms. The van der Waals surface area contributed by atoms with E-state index < -0.39 is 15.9 Å². The normalized spacial score (nSPS) is 16.8. The van der Waals surface area contributed by atoms with E-state index in [0.29, 0.717) is 12.4 Å². The van der Waals surface area contributed by atoms with E-state index >= 15 is 0 Å². The van der Waals surface area contributed by atoms with Crippen LogP contribution in [-0.2, 0) is 14.8 Å². The first kappa shape index (κ1) is 23.7. The minimum atomic E-state index is -4.11. The van der Waals surface area contributed by atoms with Crippen LogP contribution in [0.15, 0.2) is 41.3 Å². The lowest BCUT2D eigenvalue weighted by molar-refractivity contribution is 0.0712. The van der Waals surface area contributed by atoms with Gasteiger partial charge in [-0.2, -0.15) is 0 Å². The number of hydrogen-bond acceptors (Lipinski definition) is 7. The van der Waals surface area contributed by atoms with Gasteiger partial charge in [-0.05, 0) is 50.1 Å². The SMILES string of the molecule is COc1ccc(NS(=O)(=O)c2cc(C(=O)NC(C)C3CCCO3)ccc2OC)c(OC)c1. The van der Waals surface area contributed by atoms with Gasteiger partial charge in [-0.3, -0.25) is 9.52 Å². The highest BCUT2D eigenvalue weighted by Crippen LogP contribution is 2.33. The van der Waals surface area contributed by atoms with Crippen molar-refractivity contribution >= 4 is 21.6 Å². The summed E-state index contributed by atoms with van der Waals surface area (Å²) in [6.45, 7) is 2.54. The van der Waals surface area contributed by atoms with Crippen LogP contribution in [0.2, 0.25) is 0 Å². The molecule has 10 heteroatoms. The van der Waals surface area contributed by atoms with Gasteiger partial charge in [0.25, 0.3) is 15.9 Å². The molecule has 2 N–H and O–H groups in total. The quantitative estimate of drug-likeness (QED) is 0.587. The summed E-state index contributed by atoms with van der Waals surface area (Å²) in [5.74, 6) is 0.510. The van der Waals surface area contributed by atoms with E-state index in [1.807, 2.05) is 6.92 Å². The van der Waals surface area contributed by atoms with Crippen molar-refractivity contribution in [3.05, 3.63) is 42.0 Å². The molecule has 1 amide bonds. The first-order chi connectivity index (χ1) is 15.3. The summed E-state index contributed by atoms with van der Waals surface area (Å²) in [7, 11) is 0.177. The van der Waals surface area contributed by atoms with E-state index in [-0.39, 0.29) is 39.8 Å². The summed E-state index contributed by atoms with van der Waals surface area (Å²) in [4.78, 5) is 12.6. The Hall–Kier alpha value is -2.98. The molecule has 1 heterocycles. The third kappa shape index (κ3) is 5.25. The molecule has 174 valence electrons. The molecular weight excluding hydrogens is 436 g/mol. The fourth-order valence-electron chi connectivity index (χ4n) is 3.49. The summed E-state index contributed by atoms with van der Waals surface area (Å²) in [5.41, 5.74) is 0.412. The van der Waals surface area contributed by atoms with Gasteiger partial charge in [-0.1, -0.05) is 0 Å². The highest BCUT2D eigenvalue weighted by atomic mass is 32.2. The van der Waals surface area contributed by atoms with Crippen LogP contribution in [-0.4, -0.2) is 54.4 Å². The second-order valence-corrected chi connectivity index (χ2v) is 9.00. The highest BCUT2D eigenvalue weighted by molar-refractivity contribution is 7.92. The summed E-state index contributed by atoms with van der Waals surface area (Å²) in [6, 6.07) is 8.75. The molecule has 1 aliphatic heterocycles. The molecule has 2 atom stereocenters. The summed E-state index contributed by atoms with van der Waals surface area (Å²) < 4.78 is 50.1. The van der Waals surface area contributed by atoms with Crippen molar-refractivity contribution in [2.24, 2.45) is 0 Å². The van der Waals surface area contributed by atoms with E-state index in [1.165, 1.54) is 45.6 Å². The number of carbonyl (C=O) groups is 1. The Morgan fingerprint density at radius 3 is 2.44 bits per heavy atom. The van der Waals surface area contributed by atoms with Crippen LogP contribution < -0.4 is 24.2 Å². The summed E-state index contributed by atoms with van der Waals surface area (Å²) in [5, 5.41) is 2.88. The van der Waals surface area contributed by atoms with E-state index in [2.05, 4.69) is 10.0 Å². The topological polar surface area (TPSA) is 112 Å². The van der Waals surface area contributed by atoms with Gasteiger partial charge in [0.1, 0.15) is 22.1 Å². The largest absolute Gasteiger partial charge is 0.497 e. The zero-order chi connectivity index (χ0) is 23.3. The lowest BCUT2D eigenvalue weighted by atomic mass is 10.1. The lowest BCUT2D eigenvalue weighted by Gasteiger charge is -2.20. The van der Waals surface area contributed by atoms with Crippen molar-refractivity contribution in [3.8, 4) is 17.2 Å². The molecular formula is C22H28N2O7S. The molecule has 0 aliphatic carbocycles. The summed E-state index contributed by atoms with van der Waals surface area (Å²) >= 11 is 0. The Morgan fingerprint density at radius 1 is 1.06 bits per heavy atom. The zero-order valence-electron chi connectivity index (χ0n) is 18.5. The third-order valence-electron chi connectivity index (χ3n) is 5.25. The molecule has 2 aromatic carbocycles. The molecule has 1 aliphatic rings. The van der Waals surface area contributed by atoms with Gasteiger partial charge in [-0.25, -0.2) is 8.42 Å². The predicted molar refractivity (Wildman–Crippen MR) is 119 cm³/mol. The number of methoxy groups -OCH3 is 3. The molecule has 0 aromatic heterocycles. The summed E-state index contributed by atoms with van der Waals surface area (Å²) in [6.07, 6.45) is 1.78. The maximum absolute atomic E-state index is 13.2. The van der Waals surface area contributed by atoms with Crippen LogP contribution in [0.1, 0.15) is 30.1 Å². The fourth-order valence-corrected chi connectivity index (χ4v) is 4.76. The van der Waals surface area contributed by atoms with Crippen molar-refractivity contribution in [2.45, 2.75) is 36.8 Å². The van der Waals surface area contributed by atoms with Crippen molar-refractivity contribution in [2.75, 3.05) is 32.7 Å². The Bertz CT molecular complexity index is 1070.